The van der Waals surface area contributed by atoms with Crippen LogP contribution in [0.1, 0.15) is 23.1 Å². The Hall–Kier alpha value is -2.68. The van der Waals surface area contributed by atoms with Gasteiger partial charge in [0.1, 0.15) is 6.10 Å². The van der Waals surface area contributed by atoms with Crippen LogP contribution in [0.4, 0.5) is 0 Å². The van der Waals surface area contributed by atoms with Gasteiger partial charge in [-0.25, -0.2) is 0 Å². The molecule has 1 fully saturated rings. The minimum absolute atomic E-state index is 0.287. The van der Waals surface area contributed by atoms with Gasteiger partial charge in [0.15, 0.2) is 11.5 Å². The van der Waals surface area contributed by atoms with Gasteiger partial charge in [0.2, 0.25) is 5.75 Å². The van der Waals surface area contributed by atoms with E-state index in [0.29, 0.717) is 30.5 Å². The van der Waals surface area contributed by atoms with E-state index in [1.54, 1.807) is 21.3 Å². The number of rotatable bonds is 9. The normalized spacial score (nSPS) is 14.8. The maximum Gasteiger partial charge on any atom is 0.204 e. The summed E-state index contributed by atoms with van der Waals surface area (Å²) in [5, 5.41) is 0. The lowest BCUT2D eigenvalue weighted by Crippen LogP contribution is -2.05. The average Bonchev–Trinajstić information content (AvgIpc) is 3.56. The molecular weight excluding hydrogens is 356 g/mol. The number of aryl methyl sites for hydroxylation is 1. The highest BCUT2D eigenvalue weighted by atomic mass is 16.6. The maximum atomic E-state index is 5.64. The summed E-state index contributed by atoms with van der Waals surface area (Å²) in [5.74, 6) is 8.21. The van der Waals surface area contributed by atoms with Gasteiger partial charge in [0.05, 0.1) is 40.1 Å². The van der Waals surface area contributed by atoms with Crippen molar-refractivity contribution in [2.75, 3.05) is 41.2 Å². The van der Waals surface area contributed by atoms with Gasteiger partial charge in [0, 0.05) is 12.2 Å². The molecule has 0 radical (unpaired) electrons. The van der Waals surface area contributed by atoms with Crippen LogP contribution in [-0.2, 0) is 15.9 Å². The van der Waals surface area contributed by atoms with E-state index in [4.69, 9.17) is 23.7 Å². The highest BCUT2D eigenvalue weighted by Crippen LogP contribution is 2.43. The van der Waals surface area contributed by atoms with Gasteiger partial charge >= 0.3 is 0 Å². The SMILES string of the molecule is COc1c(C#Cc2ccccc2)cc(CCCOCC2CO2)c(OC)c1OC. The molecule has 3 rings (SSSR count). The summed E-state index contributed by atoms with van der Waals surface area (Å²) in [7, 11) is 4.85. The molecule has 2 aromatic rings. The zero-order chi connectivity index (χ0) is 19.8. The van der Waals surface area contributed by atoms with Crippen LogP contribution in [0, 0.1) is 11.8 Å². The molecule has 148 valence electrons. The zero-order valence-corrected chi connectivity index (χ0v) is 16.6. The first-order valence-corrected chi connectivity index (χ1v) is 9.35. The van der Waals surface area contributed by atoms with E-state index in [0.717, 1.165) is 36.1 Å². The number of epoxide rings is 1. The lowest BCUT2D eigenvalue weighted by atomic mass is 10.0. The lowest BCUT2D eigenvalue weighted by Gasteiger charge is -2.17. The van der Waals surface area contributed by atoms with Gasteiger partial charge in [-0.15, -0.1) is 0 Å². The molecule has 1 aliphatic rings. The molecule has 1 aliphatic heterocycles. The number of hydrogen-bond acceptors (Lipinski definition) is 5. The van der Waals surface area contributed by atoms with Gasteiger partial charge in [-0.3, -0.25) is 0 Å². The third-order valence-electron chi connectivity index (χ3n) is 4.44. The molecule has 2 aromatic carbocycles. The van der Waals surface area contributed by atoms with Gasteiger partial charge in [-0.2, -0.15) is 0 Å². The first-order chi connectivity index (χ1) is 13.8. The van der Waals surface area contributed by atoms with Crippen LogP contribution in [0.5, 0.6) is 17.2 Å². The van der Waals surface area contributed by atoms with Crippen molar-refractivity contribution in [3.05, 3.63) is 53.1 Å². The van der Waals surface area contributed by atoms with Gasteiger partial charge < -0.3 is 23.7 Å². The van der Waals surface area contributed by atoms with E-state index >= 15 is 0 Å². The molecule has 1 saturated heterocycles. The van der Waals surface area contributed by atoms with E-state index in [-0.39, 0.29) is 6.10 Å². The van der Waals surface area contributed by atoms with Crippen molar-refractivity contribution in [2.24, 2.45) is 0 Å². The predicted molar refractivity (Wildman–Crippen MR) is 107 cm³/mol. The van der Waals surface area contributed by atoms with Gasteiger partial charge in [0.25, 0.3) is 0 Å². The molecule has 5 heteroatoms. The molecular formula is C23H26O5. The summed E-state index contributed by atoms with van der Waals surface area (Å²) < 4.78 is 27.6. The second-order valence-electron chi connectivity index (χ2n) is 6.43. The van der Waals surface area contributed by atoms with E-state index in [1.807, 2.05) is 36.4 Å². The zero-order valence-electron chi connectivity index (χ0n) is 16.6. The van der Waals surface area contributed by atoms with Crippen LogP contribution < -0.4 is 14.2 Å². The molecule has 0 aliphatic carbocycles. The topological polar surface area (TPSA) is 49.5 Å². The Labute approximate surface area is 166 Å². The molecule has 1 heterocycles. The smallest absolute Gasteiger partial charge is 0.204 e. The molecule has 0 bridgehead atoms. The molecule has 28 heavy (non-hydrogen) atoms. The van der Waals surface area contributed by atoms with E-state index in [2.05, 4.69) is 11.8 Å². The predicted octanol–water partition coefficient (Wildman–Crippen LogP) is 3.46. The summed E-state index contributed by atoms with van der Waals surface area (Å²) in [5.41, 5.74) is 2.73. The number of benzene rings is 2. The molecule has 1 unspecified atom stereocenters. The molecule has 0 saturated carbocycles. The Kier molecular flexibility index (Phi) is 7.18. The van der Waals surface area contributed by atoms with Crippen LogP contribution >= 0.6 is 0 Å². The van der Waals surface area contributed by atoms with Crippen LogP contribution in [0.2, 0.25) is 0 Å². The average molecular weight is 382 g/mol. The lowest BCUT2D eigenvalue weighted by molar-refractivity contribution is 0.114. The highest BCUT2D eigenvalue weighted by molar-refractivity contribution is 5.64. The third kappa shape index (κ3) is 5.19. The van der Waals surface area contributed by atoms with Gasteiger partial charge in [-0.1, -0.05) is 30.0 Å². The molecule has 1 atom stereocenters. The monoisotopic (exact) mass is 382 g/mol. The Morgan fingerprint density at radius 1 is 0.964 bits per heavy atom. The van der Waals surface area contributed by atoms with Crippen molar-refractivity contribution in [2.45, 2.75) is 18.9 Å². The quantitative estimate of drug-likeness (QED) is 0.378. The standard InChI is InChI=1S/C23H26O5/c1-24-21-18(10-7-13-27-15-20-16-28-20)14-19(22(25-2)23(21)26-3)12-11-17-8-5-4-6-9-17/h4-6,8-9,14,20H,7,10,13,15-16H2,1-3H3. The van der Waals surface area contributed by atoms with Crippen molar-refractivity contribution in [1.82, 2.24) is 0 Å². The largest absolute Gasteiger partial charge is 0.492 e. The fourth-order valence-corrected chi connectivity index (χ4v) is 2.97. The van der Waals surface area contributed by atoms with Crippen LogP contribution in [0.3, 0.4) is 0 Å². The number of ether oxygens (including phenoxy) is 5. The summed E-state index contributed by atoms with van der Waals surface area (Å²) >= 11 is 0. The molecule has 0 aromatic heterocycles. The fraction of sp³-hybridized carbons (Fsp3) is 0.391. The van der Waals surface area contributed by atoms with Crippen molar-refractivity contribution in [3.8, 4) is 29.1 Å². The van der Waals surface area contributed by atoms with Crippen LogP contribution in [-0.4, -0.2) is 47.3 Å². The summed E-state index contributed by atoms with van der Waals surface area (Å²) in [6.07, 6.45) is 1.94. The fourth-order valence-electron chi connectivity index (χ4n) is 2.97. The third-order valence-corrected chi connectivity index (χ3v) is 4.44. The number of methoxy groups -OCH3 is 3. The van der Waals surface area contributed by atoms with Gasteiger partial charge in [-0.05, 0) is 36.6 Å². The Balaban J connectivity index is 1.83. The Bertz CT molecular complexity index is 832. The van der Waals surface area contributed by atoms with Crippen LogP contribution in [0.25, 0.3) is 0 Å². The van der Waals surface area contributed by atoms with E-state index < -0.39 is 0 Å². The van der Waals surface area contributed by atoms with E-state index in [9.17, 15) is 0 Å². The van der Waals surface area contributed by atoms with E-state index in [1.165, 1.54) is 0 Å². The van der Waals surface area contributed by atoms with Crippen molar-refractivity contribution < 1.29 is 23.7 Å². The molecule has 0 N–H and O–H groups in total. The second-order valence-corrected chi connectivity index (χ2v) is 6.43. The second kappa shape index (κ2) is 10.0. The highest BCUT2D eigenvalue weighted by Gasteiger charge is 2.22. The van der Waals surface area contributed by atoms with Crippen molar-refractivity contribution in [1.29, 1.82) is 0 Å². The minimum Gasteiger partial charge on any atom is -0.492 e. The first-order valence-electron chi connectivity index (χ1n) is 9.35. The van der Waals surface area contributed by atoms with Crippen molar-refractivity contribution in [3.63, 3.8) is 0 Å². The summed E-state index contributed by atoms with van der Waals surface area (Å²) in [6, 6.07) is 11.9. The van der Waals surface area contributed by atoms with Crippen LogP contribution in [0.15, 0.2) is 36.4 Å². The minimum atomic E-state index is 0.287. The summed E-state index contributed by atoms with van der Waals surface area (Å²) in [4.78, 5) is 0. The number of hydrogen-bond donors (Lipinski definition) is 0. The molecule has 0 spiro atoms. The first kappa shape index (κ1) is 20.1. The molecule has 0 amide bonds. The Morgan fingerprint density at radius 2 is 1.68 bits per heavy atom. The van der Waals surface area contributed by atoms with Crippen molar-refractivity contribution >= 4 is 0 Å². The maximum absolute atomic E-state index is 5.64. The Morgan fingerprint density at radius 3 is 2.32 bits per heavy atom. The summed E-state index contributed by atoms with van der Waals surface area (Å²) in [6.45, 7) is 2.15. The molecule has 5 nitrogen and oxygen atoms in total.